The van der Waals surface area contributed by atoms with Crippen molar-refractivity contribution in [3.05, 3.63) is 72.1 Å². The number of hydrogen-bond acceptors (Lipinski definition) is 9. The maximum atomic E-state index is 12.5. The van der Waals surface area contributed by atoms with Crippen LogP contribution in [0.3, 0.4) is 0 Å². The van der Waals surface area contributed by atoms with Gasteiger partial charge in [-0.05, 0) is 43.3 Å². The zero-order valence-corrected chi connectivity index (χ0v) is 21.5. The minimum Gasteiger partial charge on any atom is -0.455 e. The van der Waals surface area contributed by atoms with Crippen molar-refractivity contribution in [2.45, 2.75) is 6.92 Å². The van der Waals surface area contributed by atoms with Crippen LogP contribution in [-0.4, -0.2) is 60.1 Å². The van der Waals surface area contributed by atoms with E-state index in [1.807, 2.05) is 43.3 Å². The number of carbonyl (C=O) groups is 1. The molecule has 5 rings (SSSR count). The summed E-state index contributed by atoms with van der Waals surface area (Å²) in [5, 5.41) is 20.2. The number of morpholine rings is 1. The maximum Gasteiger partial charge on any atom is 0.411 e. The van der Waals surface area contributed by atoms with Crippen LogP contribution in [0.4, 0.5) is 27.5 Å². The molecule has 3 heterocycles. The van der Waals surface area contributed by atoms with E-state index in [1.54, 1.807) is 22.8 Å². The fourth-order valence-electron chi connectivity index (χ4n) is 4.31. The molecule has 0 atom stereocenters. The van der Waals surface area contributed by atoms with Crippen molar-refractivity contribution in [3.8, 4) is 17.6 Å². The highest BCUT2D eigenvalue weighted by Gasteiger charge is 2.18. The highest BCUT2D eigenvalue weighted by molar-refractivity contribution is 5.92. The molecule has 2 aromatic carbocycles. The van der Waals surface area contributed by atoms with Gasteiger partial charge in [0.05, 0.1) is 53.7 Å². The number of anilines is 4. The topological polar surface area (TPSA) is 139 Å². The molecular weight excluding hydrogens is 498 g/mol. The zero-order chi connectivity index (χ0) is 27.2. The van der Waals surface area contributed by atoms with Gasteiger partial charge < -0.3 is 25.3 Å². The molecular formula is C28H29N7O4. The first-order chi connectivity index (χ1) is 19.0. The molecule has 11 nitrogen and oxygen atoms in total. The highest BCUT2D eigenvalue weighted by Crippen LogP contribution is 2.33. The summed E-state index contributed by atoms with van der Waals surface area (Å²) in [6, 6.07) is 16.8. The molecule has 1 aliphatic heterocycles. The Kier molecular flexibility index (Phi) is 7.77. The predicted octanol–water partition coefficient (Wildman–Crippen LogP) is 4.51. The Morgan fingerprint density at radius 2 is 1.95 bits per heavy atom. The van der Waals surface area contributed by atoms with Crippen molar-refractivity contribution < 1.29 is 19.0 Å². The minimum atomic E-state index is -0.549. The lowest BCUT2D eigenvalue weighted by atomic mass is 10.1. The second kappa shape index (κ2) is 11.7. The number of nitrogens with zero attached hydrogens (tertiary/aromatic N) is 4. The van der Waals surface area contributed by atoms with E-state index in [2.05, 4.69) is 26.7 Å². The van der Waals surface area contributed by atoms with Crippen molar-refractivity contribution in [1.82, 2.24) is 14.5 Å². The van der Waals surface area contributed by atoms with E-state index >= 15 is 0 Å². The van der Waals surface area contributed by atoms with Crippen molar-refractivity contribution in [2.24, 2.45) is 0 Å². The van der Waals surface area contributed by atoms with E-state index in [9.17, 15) is 10.1 Å². The number of fused-ring (bicyclic) bond motifs is 1. The summed E-state index contributed by atoms with van der Waals surface area (Å²) in [7, 11) is 0. The fourth-order valence-corrected chi connectivity index (χ4v) is 4.31. The van der Waals surface area contributed by atoms with E-state index in [1.165, 1.54) is 6.20 Å². The van der Waals surface area contributed by atoms with Gasteiger partial charge in [0.2, 0.25) is 0 Å². The fraction of sp³-hybridized carbons (Fsp3) is 0.250. The van der Waals surface area contributed by atoms with Gasteiger partial charge >= 0.3 is 6.09 Å². The summed E-state index contributed by atoms with van der Waals surface area (Å²) >= 11 is 0. The molecule has 4 N–H and O–H groups in total. The normalized spacial score (nSPS) is 13.5. The number of nitrogens with one attached hydrogen (secondary N) is 2. The van der Waals surface area contributed by atoms with E-state index in [4.69, 9.17) is 19.9 Å². The van der Waals surface area contributed by atoms with Crippen LogP contribution in [0, 0.1) is 18.3 Å². The maximum absolute atomic E-state index is 12.5. The number of aromatic nitrogens is 2. The van der Waals surface area contributed by atoms with Gasteiger partial charge in [0.1, 0.15) is 24.2 Å². The molecule has 0 radical (unpaired) electrons. The quantitative estimate of drug-likeness (QED) is 0.282. The Morgan fingerprint density at radius 1 is 1.18 bits per heavy atom. The van der Waals surface area contributed by atoms with E-state index in [0.717, 1.165) is 24.3 Å². The van der Waals surface area contributed by atoms with Crippen molar-refractivity contribution in [1.29, 1.82) is 5.26 Å². The van der Waals surface area contributed by atoms with Crippen LogP contribution >= 0.6 is 0 Å². The molecule has 200 valence electrons. The number of nitriles is 1. The van der Waals surface area contributed by atoms with Gasteiger partial charge in [0, 0.05) is 30.9 Å². The Labute approximate surface area is 225 Å². The molecule has 1 saturated heterocycles. The van der Waals surface area contributed by atoms with E-state index in [0.29, 0.717) is 59.4 Å². The lowest BCUT2D eigenvalue weighted by molar-refractivity contribution is 0.0290. The van der Waals surface area contributed by atoms with Crippen LogP contribution in [0.25, 0.3) is 5.52 Å². The minimum absolute atomic E-state index is 0.276. The molecule has 2 aromatic heterocycles. The summed E-state index contributed by atoms with van der Waals surface area (Å²) in [6.07, 6.45) is 2.63. The largest absolute Gasteiger partial charge is 0.455 e. The molecule has 1 amide bonds. The Balaban J connectivity index is 1.30. The average Bonchev–Trinajstić information content (AvgIpc) is 3.26. The summed E-state index contributed by atoms with van der Waals surface area (Å²) < 4.78 is 18.2. The number of hydrogen-bond donors (Lipinski definition) is 3. The molecule has 1 aliphatic rings. The Hall–Kier alpha value is -4.79. The van der Waals surface area contributed by atoms with Crippen LogP contribution in [0.5, 0.6) is 11.5 Å². The number of aryl methyl sites for hydroxylation is 1. The molecule has 0 bridgehead atoms. The average molecular weight is 528 g/mol. The number of carbonyl (C=O) groups excluding carboxylic acids is 1. The van der Waals surface area contributed by atoms with Crippen molar-refractivity contribution >= 4 is 34.4 Å². The Morgan fingerprint density at radius 3 is 2.69 bits per heavy atom. The standard InChI is InChI=1S/C28H29N7O4/c1-19-24(33-28(36)38-15-12-34-10-13-37-14-11-34)18-35-27(19)26(20(16-29)17-31-35)32-21-6-8-22(9-7-21)39-25-5-3-2-4-23(25)30/h2-9,17-18,32H,10-15,30H2,1H3,(H,33,36). The molecule has 0 spiro atoms. The third-order valence-corrected chi connectivity index (χ3v) is 6.43. The third kappa shape index (κ3) is 6.04. The highest BCUT2D eigenvalue weighted by atomic mass is 16.5. The first-order valence-corrected chi connectivity index (χ1v) is 12.6. The monoisotopic (exact) mass is 527 g/mol. The number of nitrogens with two attached hydrogens (primary N) is 1. The van der Waals surface area contributed by atoms with Gasteiger partial charge in [0.15, 0.2) is 0 Å². The van der Waals surface area contributed by atoms with Gasteiger partial charge in [-0.1, -0.05) is 12.1 Å². The predicted molar refractivity (Wildman–Crippen MR) is 148 cm³/mol. The Bertz CT molecular complexity index is 1510. The van der Waals surface area contributed by atoms with Crippen LogP contribution in [0.15, 0.2) is 60.9 Å². The lowest BCUT2D eigenvalue weighted by Crippen LogP contribution is -2.38. The molecule has 0 aliphatic carbocycles. The molecule has 1 fully saturated rings. The second-order valence-corrected chi connectivity index (χ2v) is 9.01. The van der Waals surface area contributed by atoms with Crippen LogP contribution < -0.4 is 21.1 Å². The molecule has 0 unspecified atom stereocenters. The van der Waals surface area contributed by atoms with Gasteiger partial charge in [-0.2, -0.15) is 10.4 Å². The van der Waals surface area contributed by atoms with Crippen LogP contribution in [0.1, 0.15) is 11.1 Å². The summed E-state index contributed by atoms with van der Waals surface area (Å²) in [4.78, 5) is 14.7. The first kappa shape index (κ1) is 25.8. The first-order valence-electron chi connectivity index (χ1n) is 12.6. The van der Waals surface area contributed by atoms with E-state index in [-0.39, 0.29) is 6.61 Å². The van der Waals surface area contributed by atoms with Gasteiger partial charge in [-0.3, -0.25) is 10.2 Å². The van der Waals surface area contributed by atoms with Crippen LogP contribution in [0.2, 0.25) is 0 Å². The smallest absolute Gasteiger partial charge is 0.411 e. The molecule has 4 aromatic rings. The van der Waals surface area contributed by atoms with Crippen molar-refractivity contribution in [2.75, 3.05) is 55.8 Å². The van der Waals surface area contributed by atoms with Gasteiger partial charge in [0.25, 0.3) is 0 Å². The number of rotatable bonds is 8. The van der Waals surface area contributed by atoms with Crippen LogP contribution in [-0.2, 0) is 9.47 Å². The van der Waals surface area contributed by atoms with Gasteiger partial charge in [-0.15, -0.1) is 0 Å². The molecule has 0 saturated carbocycles. The van der Waals surface area contributed by atoms with Crippen molar-refractivity contribution in [3.63, 3.8) is 0 Å². The lowest BCUT2D eigenvalue weighted by Gasteiger charge is -2.26. The summed E-state index contributed by atoms with van der Waals surface area (Å²) in [6.45, 7) is 5.82. The SMILES string of the molecule is Cc1c(NC(=O)OCCN2CCOCC2)cn2ncc(C#N)c(Nc3ccc(Oc4ccccc4N)cc3)c12. The number of para-hydroxylation sites is 2. The number of benzene rings is 2. The zero-order valence-electron chi connectivity index (χ0n) is 21.5. The number of nitrogen functional groups attached to an aromatic ring is 1. The number of ether oxygens (including phenoxy) is 3. The molecule has 39 heavy (non-hydrogen) atoms. The third-order valence-electron chi connectivity index (χ3n) is 6.43. The van der Waals surface area contributed by atoms with E-state index < -0.39 is 6.09 Å². The summed E-state index contributed by atoms with van der Waals surface area (Å²) in [5.41, 5.74) is 10.1. The molecule has 11 heteroatoms. The number of amides is 1. The summed E-state index contributed by atoms with van der Waals surface area (Å²) in [5.74, 6) is 1.19. The second-order valence-electron chi connectivity index (χ2n) is 9.01. The van der Waals surface area contributed by atoms with Gasteiger partial charge in [-0.25, -0.2) is 9.31 Å².